The van der Waals surface area contributed by atoms with Crippen molar-refractivity contribution in [2.45, 2.75) is 13.8 Å². The predicted molar refractivity (Wildman–Crippen MR) is 113 cm³/mol. The van der Waals surface area contributed by atoms with Crippen LogP contribution in [0.1, 0.15) is 23.5 Å². The fourth-order valence-electron chi connectivity index (χ4n) is 2.23. The van der Waals surface area contributed by atoms with Gasteiger partial charge in [0.2, 0.25) is 5.13 Å². The zero-order valence-corrected chi connectivity index (χ0v) is 17.1. The van der Waals surface area contributed by atoms with Gasteiger partial charge in [0, 0.05) is 28.2 Å². The number of rotatable bonds is 6. The highest BCUT2D eigenvalue weighted by Gasteiger charge is 2.15. The third-order valence-electron chi connectivity index (χ3n) is 3.67. The minimum Gasteiger partial charge on any atom is -0.391 e. The lowest BCUT2D eigenvalue weighted by Gasteiger charge is -2.07. The molecule has 2 heterocycles. The molecular formula is C17H18BrN7OS. The van der Waals surface area contributed by atoms with E-state index in [1.165, 1.54) is 17.5 Å². The Morgan fingerprint density at radius 3 is 3.04 bits per heavy atom. The molecule has 27 heavy (non-hydrogen) atoms. The van der Waals surface area contributed by atoms with Gasteiger partial charge in [-0.2, -0.15) is 5.10 Å². The molecule has 0 aliphatic carbocycles. The maximum atomic E-state index is 12.6. The zero-order chi connectivity index (χ0) is 19.4. The fraction of sp³-hybridized carbons (Fsp3) is 0.176. The minimum absolute atomic E-state index is 0.276. The van der Waals surface area contributed by atoms with Gasteiger partial charge in [-0.15, -0.1) is 0 Å². The number of carbonyl (C=O) groups is 1. The fourth-order valence-corrected chi connectivity index (χ4v) is 3.38. The number of thiazole rings is 1. The predicted octanol–water partition coefficient (Wildman–Crippen LogP) is 3.54. The molecule has 0 fully saturated rings. The molecule has 0 bridgehead atoms. The molecule has 0 aliphatic heterocycles. The van der Waals surface area contributed by atoms with Crippen LogP contribution in [0.3, 0.4) is 0 Å². The number of nitrogens with two attached hydrogens (primary N) is 1. The molecule has 140 valence electrons. The van der Waals surface area contributed by atoms with Gasteiger partial charge in [-0.1, -0.05) is 11.3 Å². The Labute approximate surface area is 168 Å². The summed E-state index contributed by atoms with van der Waals surface area (Å²) in [5.74, 6) is 0.0741. The number of fused-ring (bicyclic) bond motifs is 1. The lowest BCUT2D eigenvalue weighted by molar-refractivity contribution is 0.103. The summed E-state index contributed by atoms with van der Waals surface area (Å²) in [6, 6.07) is 3.73. The first-order valence-corrected chi connectivity index (χ1v) is 9.74. The number of H-pyrrole nitrogens is 1. The average molecular weight is 448 g/mol. The lowest BCUT2D eigenvalue weighted by Crippen LogP contribution is -2.15. The van der Waals surface area contributed by atoms with Crippen LogP contribution >= 0.6 is 27.3 Å². The molecule has 2 aromatic heterocycles. The molecule has 0 saturated carbocycles. The van der Waals surface area contributed by atoms with Crippen molar-refractivity contribution in [2.24, 2.45) is 10.7 Å². The summed E-state index contributed by atoms with van der Waals surface area (Å²) in [4.78, 5) is 21.5. The molecule has 5 N–H and O–H groups in total. The number of halogens is 1. The summed E-state index contributed by atoms with van der Waals surface area (Å²) in [5.41, 5.74) is 8.24. The highest BCUT2D eigenvalue weighted by Crippen LogP contribution is 2.31. The first kappa shape index (κ1) is 19.1. The molecule has 1 aromatic carbocycles. The summed E-state index contributed by atoms with van der Waals surface area (Å²) in [5, 5.41) is 14.1. The second kappa shape index (κ2) is 8.31. The number of amides is 1. The molecule has 3 rings (SSSR count). The van der Waals surface area contributed by atoms with E-state index in [1.54, 1.807) is 12.4 Å². The van der Waals surface area contributed by atoms with Crippen LogP contribution in [-0.4, -0.2) is 33.5 Å². The van der Waals surface area contributed by atoms with E-state index in [0.29, 0.717) is 21.5 Å². The summed E-state index contributed by atoms with van der Waals surface area (Å²) in [7, 11) is 0. The SMILES string of the molecule is CCN/C=C(C)\C(N)=N/c1ncc(C(=O)Nc2c(Br)ccc3[nH]ncc23)s1. The quantitative estimate of drug-likeness (QED) is 0.340. The highest BCUT2D eigenvalue weighted by atomic mass is 79.9. The number of aromatic nitrogens is 3. The van der Waals surface area contributed by atoms with Crippen molar-refractivity contribution in [1.29, 1.82) is 0 Å². The van der Waals surface area contributed by atoms with Crippen LogP contribution in [0.15, 0.2) is 45.8 Å². The Balaban J connectivity index is 1.79. The Kier molecular flexibility index (Phi) is 5.87. The molecule has 1 amide bonds. The van der Waals surface area contributed by atoms with Crippen molar-refractivity contribution in [1.82, 2.24) is 20.5 Å². The van der Waals surface area contributed by atoms with E-state index in [4.69, 9.17) is 5.73 Å². The molecule has 8 nitrogen and oxygen atoms in total. The van der Waals surface area contributed by atoms with Crippen molar-refractivity contribution < 1.29 is 4.79 Å². The number of aromatic amines is 1. The van der Waals surface area contributed by atoms with Gasteiger partial charge in [0.25, 0.3) is 5.91 Å². The average Bonchev–Trinajstić information content (AvgIpc) is 3.31. The van der Waals surface area contributed by atoms with E-state index < -0.39 is 0 Å². The first-order chi connectivity index (χ1) is 13.0. The van der Waals surface area contributed by atoms with E-state index in [1.807, 2.05) is 26.0 Å². The molecule has 0 unspecified atom stereocenters. The van der Waals surface area contributed by atoms with Crippen LogP contribution in [0.25, 0.3) is 10.9 Å². The van der Waals surface area contributed by atoms with E-state index in [9.17, 15) is 4.79 Å². The summed E-state index contributed by atoms with van der Waals surface area (Å²) in [6.45, 7) is 4.64. The Morgan fingerprint density at radius 1 is 1.44 bits per heavy atom. The molecule has 0 radical (unpaired) electrons. The Morgan fingerprint density at radius 2 is 2.26 bits per heavy atom. The maximum Gasteiger partial charge on any atom is 0.267 e. The van der Waals surface area contributed by atoms with Gasteiger partial charge in [0.05, 0.1) is 23.6 Å². The minimum atomic E-state index is -0.276. The van der Waals surface area contributed by atoms with Gasteiger partial charge in [-0.3, -0.25) is 9.89 Å². The van der Waals surface area contributed by atoms with Crippen LogP contribution in [-0.2, 0) is 0 Å². The van der Waals surface area contributed by atoms with Gasteiger partial charge in [-0.25, -0.2) is 9.98 Å². The van der Waals surface area contributed by atoms with Crippen LogP contribution in [0.4, 0.5) is 10.8 Å². The number of nitrogens with one attached hydrogen (secondary N) is 3. The number of anilines is 1. The normalized spacial score (nSPS) is 12.4. The number of hydrogen-bond donors (Lipinski definition) is 4. The maximum absolute atomic E-state index is 12.6. The first-order valence-electron chi connectivity index (χ1n) is 8.13. The van der Waals surface area contributed by atoms with Crippen molar-refractivity contribution in [3.8, 4) is 0 Å². The number of aliphatic imine (C=N–C) groups is 1. The number of nitrogens with zero attached hydrogens (tertiary/aromatic N) is 3. The van der Waals surface area contributed by atoms with Gasteiger partial charge >= 0.3 is 0 Å². The standard InChI is InChI=1S/C17H18BrN7OS/c1-3-20-6-9(2)15(19)24-17-21-8-13(27-17)16(26)23-14-10-7-22-25-12(10)5-4-11(14)18/h4-8,20H,3H2,1-2H3,(H,22,25)(H,23,26)(H2,19,21,24)/b9-6-. The van der Waals surface area contributed by atoms with E-state index in [-0.39, 0.29) is 5.91 Å². The monoisotopic (exact) mass is 447 g/mol. The second-order valence-electron chi connectivity index (χ2n) is 5.60. The molecule has 3 aromatic rings. The number of hydrogen-bond acceptors (Lipinski definition) is 6. The van der Waals surface area contributed by atoms with Crippen molar-refractivity contribution in [2.75, 3.05) is 11.9 Å². The lowest BCUT2D eigenvalue weighted by atomic mass is 10.2. The van der Waals surface area contributed by atoms with Gasteiger partial charge in [-0.05, 0) is 41.9 Å². The van der Waals surface area contributed by atoms with Crippen LogP contribution in [0.5, 0.6) is 0 Å². The number of benzene rings is 1. The third kappa shape index (κ3) is 4.34. The third-order valence-corrected chi connectivity index (χ3v) is 5.22. The second-order valence-corrected chi connectivity index (χ2v) is 7.46. The molecule has 0 spiro atoms. The molecular weight excluding hydrogens is 430 g/mol. The van der Waals surface area contributed by atoms with Gasteiger partial charge < -0.3 is 16.4 Å². The van der Waals surface area contributed by atoms with Crippen LogP contribution in [0, 0.1) is 0 Å². The van der Waals surface area contributed by atoms with Crippen molar-refractivity contribution >= 4 is 60.7 Å². The summed E-state index contributed by atoms with van der Waals surface area (Å²) in [6.07, 6.45) is 4.94. The number of amidine groups is 1. The Bertz CT molecular complexity index is 1040. The molecule has 0 aliphatic rings. The van der Waals surface area contributed by atoms with Gasteiger partial charge in [0.15, 0.2) is 0 Å². The highest BCUT2D eigenvalue weighted by molar-refractivity contribution is 9.10. The summed E-state index contributed by atoms with van der Waals surface area (Å²) < 4.78 is 0.765. The molecule has 0 atom stereocenters. The molecule has 0 saturated heterocycles. The largest absolute Gasteiger partial charge is 0.391 e. The van der Waals surface area contributed by atoms with Crippen molar-refractivity contribution in [3.63, 3.8) is 0 Å². The smallest absolute Gasteiger partial charge is 0.267 e. The summed E-state index contributed by atoms with van der Waals surface area (Å²) >= 11 is 4.62. The number of carbonyl (C=O) groups excluding carboxylic acids is 1. The van der Waals surface area contributed by atoms with Crippen LogP contribution in [0.2, 0.25) is 0 Å². The topological polar surface area (TPSA) is 121 Å². The molecule has 10 heteroatoms. The zero-order valence-electron chi connectivity index (χ0n) is 14.7. The van der Waals surface area contributed by atoms with E-state index in [0.717, 1.165) is 27.5 Å². The van der Waals surface area contributed by atoms with Crippen molar-refractivity contribution in [3.05, 3.63) is 45.6 Å². The van der Waals surface area contributed by atoms with E-state index >= 15 is 0 Å². The Hall–Kier alpha value is -2.72. The van der Waals surface area contributed by atoms with Crippen LogP contribution < -0.4 is 16.4 Å². The van der Waals surface area contributed by atoms with Gasteiger partial charge in [0.1, 0.15) is 10.7 Å². The van der Waals surface area contributed by atoms with E-state index in [2.05, 4.69) is 46.7 Å².